The molecule has 3 fully saturated rings. The van der Waals surface area contributed by atoms with Crippen molar-refractivity contribution in [3.05, 3.63) is 29.8 Å². The Morgan fingerprint density at radius 3 is 2.56 bits per heavy atom. The highest BCUT2D eigenvalue weighted by Crippen LogP contribution is 2.29. The van der Waals surface area contributed by atoms with Crippen molar-refractivity contribution in [3.8, 4) is 0 Å². The fourth-order valence-corrected chi connectivity index (χ4v) is 4.85. The Balaban J connectivity index is 1.38. The summed E-state index contributed by atoms with van der Waals surface area (Å²) >= 11 is 0. The van der Waals surface area contributed by atoms with Crippen molar-refractivity contribution in [2.75, 3.05) is 25.0 Å². The molecule has 2 heterocycles. The molecule has 1 aromatic carbocycles. The lowest BCUT2D eigenvalue weighted by molar-refractivity contribution is -0.130. The van der Waals surface area contributed by atoms with E-state index in [1.165, 1.54) is 37.7 Å². The van der Waals surface area contributed by atoms with Gasteiger partial charge in [0.25, 0.3) is 0 Å². The molecule has 0 aromatic heterocycles. The highest BCUT2D eigenvalue weighted by Gasteiger charge is 2.38. The van der Waals surface area contributed by atoms with Gasteiger partial charge in [0.2, 0.25) is 11.8 Å². The number of hydrogen-bond donors (Lipinski definition) is 1. The number of rotatable bonds is 5. The average molecular weight is 370 g/mol. The number of benzene rings is 1. The second-order valence-electron chi connectivity index (χ2n) is 8.37. The van der Waals surface area contributed by atoms with Crippen LogP contribution in [0.3, 0.4) is 0 Å². The van der Waals surface area contributed by atoms with Crippen molar-refractivity contribution in [2.45, 2.75) is 64.0 Å². The molecular formula is C22H31N3O2. The van der Waals surface area contributed by atoms with Crippen LogP contribution < -0.4 is 5.32 Å². The number of carbonyl (C=O) groups is 2. The quantitative estimate of drug-likeness (QED) is 0.865. The van der Waals surface area contributed by atoms with Gasteiger partial charge < -0.3 is 10.2 Å². The van der Waals surface area contributed by atoms with Crippen LogP contribution in [0.25, 0.3) is 0 Å². The monoisotopic (exact) mass is 369 g/mol. The Hall–Kier alpha value is -1.88. The summed E-state index contributed by atoms with van der Waals surface area (Å²) in [5.41, 5.74) is 2.07. The minimum absolute atomic E-state index is 0.00414. The molecule has 5 heteroatoms. The van der Waals surface area contributed by atoms with Gasteiger partial charge in [0.1, 0.15) is 0 Å². The van der Waals surface area contributed by atoms with Gasteiger partial charge in [-0.2, -0.15) is 0 Å². The maximum atomic E-state index is 12.9. The predicted octanol–water partition coefficient (Wildman–Crippen LogP) is 3.40. The van der Waals surface area contributed by atoms with E-state index >= 15 is 0 Å². The van der Waals surface area contributed by atoms with Crippen LogP contribution in [0.1, 0.15) is 56.9 Å². The second-order valence-corrected chi connectivity index (χ2v) is 8.37. The molecule has 0 bridgehead atoms. The highest BCUT2D eigenvalue weighted by atomic mass is 16.2. The van der Waals surface area contributed by atoms with Gasteiger partial charge in [0.05, 0.1) is 5.92 Å². The number of hydrogen-bond acceptors (Lipinski definition) is 3. The standard InChI is InChI=1S/C22H31N3O2/c26-21-14-18(16-25(21)19-9-2-1-3-10-19)22(27)23-20-11-5-4-8-17(20)15-24-12-6-7-13-24/h4-5,8,11,18-19H,1-3,6-7,9-10,12-16H2,(H,23,27)/t18-/m1/s1. The lowest BCUT2D eigenvalue weighted by Gasteiger charge is -2.31. The van der Waals surface area contributed by atoms with Gasteiger partial charge in [-0.05, 0) is 50.4 Å². The summed E-state index contributed by atoms with van der Waals surface area (Å²) in [7, 11) is 0. The predicted molar refractivity (Wildman–Crippen MR) is 106 cm³/mol. The van der Waals surface area contributed by atoms with Crippen molar-refractivity contribution >= 4 is 17.5 Å². The summed E-state index contributed by atoms with van der Waals surface area (Å²) in [5, 5.41) is 3.13. The fraction of sp³-hybridized carbons (Fsp3) is 0.636. The average Bonchev–Trinajstić information content (AvgIpc) is 3.34. The van der Waals surface area contributed by atoms with Gasteiger partial charge >= 0.3 is 0 Å². The lowest BCUT2D eigenvalue weighted by Crippen LogP contribution is -2.38. The van der Waals surface area contributed by atoms with E-state index in [2.05, 4.69) is 16.3 Å². The maximum absolute atomic E-state index is 12.9. The van der Waals surface area contributed by atoms with Gasteiger partial charge in [-0.1, -0.05) is 37.5 Å². The van der Waals surface area contributed by atoms with Gasteiger partial charge in [-0.25, -0.2) is 0 Å². The molecule has 2 amide bonds. The van der Waals surface area contributed by atoms with E-state index in [-0.39, 0.29) is 17.7 Å². The number of anilines is 1. The number of carbonyl (C=O) groups excluding carboxylic acids is 2. The number of likely N-dealkylation sites (tertiary alicyclic amines) is 2. The second kappa shape index (κ2) is 8.42. The molecule has 1 N–H and O–H groups in total. The first kappa shape index (κ1) is 18.5. The molecule has 5 nitrogen and oxygen atoms in total. The molecule has 0 unspecified atom stereocenters. The first-order chi connectivity index (χ1) is 13.2. The number of nitrogens with one attached hydrogen (secondary N) is 1. The molecule has 1 aromatic rings. The molecule has 146 valence electrons. The SMILES string of the molecule is O=C(Nc1ccccc1CN1CCCC1)[C@@H]1CC(=O)N(C2CCCCC2)C1. The molecule has 1 aliphatic carbocycles. The van der Waals surface area contributed by atoms with Crippen LogP contribution >= 0.6 is 0 Å². The van der Waals surface area contributed by atoms with Crippen molar-refractivity contribution in [1.29, 1.82) is 0 Å². The number of nitrogens with zero attached hydrogens (tertiary/aromatic N) is 2. The van der Waals surface area contributed by atoms with Crippen LogP contribution in [0.2, 0.25) is 0 Å². The van der Waals surface area contributed by atoms with Crippen LogP contribution in [0.4, 0.5) is 5.69 Å². The molecule has 3 aliphatic rings. The summed E-state index contributed by atoms with van der Waals surface area (Å²) < 4.78 is 0. The molecular weight excluding hydrogens is 338 g/mol. The summed E-state index contributed by atoms with van der Waals surface area (Å²) in [5.74, 6) is -0.0674. The van der Waals surface area contributed by atoms with E-state index in [9.17, 15) is 9.59 Å². The van der Waals surface area contributed by atoms with E-state index in [0.29, 0.717) is 19.0 Å². The van der Waals surface area contributed by atoms with Crippen molar-refractivity contribution in [3.63, 3.8) is 0 Å². The van der Waals surface area contributed by atoms with Crippen molar-refractivity contribution in [2.24, 2.45) is 5.92 Å². The third-order valence-corrected chi connectivity index (χ3v) is 6.41. The summed E-state index contributed by atoms with van der Waals surface area (Å²) in [6.45, 7) is 3.74. The van der Waals surface area contributed by atoms with E-state index in [1.807, 2.05) is 23.1 Å². The molecule has 0 radical (unpaired) electrons. The smallest absolute Gasteiger partial charge is 0.229 e. The van der Waals surface area contributed by atoms with Crippen LogP contribution in [0, 0.1) is 5.92 Å². The lowest BCUT2D eigenvalue weighted by atomic mass is 9.94. The van der Waals surface area contributed by atoms with Gasteiger partial charge in [-0.15, -0.1) is 0 Å². The fourth-order valence-electron chi connectivity index (χ4n) is 4.85. The Kier molecular flexibility index (Phi) is 5.77. The van der Waals surface area contributed by atoms with E-state index in [4.69, 9.17) is 0 Å². The number of para-hydroxylation sites is 1. The van der Waals surface area contributed by atoms with Crippen LogP contribution in [-0.2, 0) is 16.1 Å². The molecule has 2 aliphatic heterocycles. The molecule has 27 heavy (non-hydrogen) atoms. The molecule has 4 rings (SSSR count). The van der Waals surface area contributed by atoms with Crippen molar-refractivity contribution < 1.29 is 9.59 Å². The zero-order chi connectivity index (χ0) is 18.6. The van der Waals surface area contributed by atoms with Crippen LogP contribution in [-0.4, -0.2) is 47.3 Å². The first-order valence-corrected chi connectivity index (χ1v) is 10.6. The molecule has 2 saturated heterocycles. The Morgan fingerprint density at radius 1 is 1.04 bits per heavy atom. The third-order valence-electron chi connectivity index (χ3n) is 6.41. The summed E-state index contributed by atoms with van der Waals surface area (Å²) in [6.07, 6.45) is 8.75. The number of amides is 2. The maximum Gasteiger partial charge on any atom is 0.229 e. The Morgan fingerprint density at radius 2 is 1.78 bits per heavy atom. The normalized spacial score (nSPS) is 24.5. The highest BCUT2D eigenvalue weighted by molar-refractivity contribution is 5.97. The zero-order valence-corrected chi connectivity index (χ0v) is 16.2. The largest absolute Gasteiger partial charge is 0.339 e. The molecule has 1 saturated carbocycles. The van der Waals surface area contributed by atoms with E-state index < -0.39 is 0 Å². The first-order valence-electron chi connectivity index (χ1n) is 10.6. The van der Waals surface area contributed by atoms with Gasteiger partial charge in [0, 0.05) is 31.2 Å². The molecule has 0 spiro atoms. The van der Waals surface area contributed by atoms with Crippen LogP contribution in [0.5, 0.6) is 0 Å². The Labute approximate surface area is 162 Å². The van der Waals surface area contributed by atoms with Crippen molar-refractivity contribution in [1.82, 2.24) is 9.80 Å². The topological polar surface area (TPSA) is 52.7 Å². The van der Waals surface area contributed by atoms with E-state index in [0.717, 1.165) is 38.2 Å². The van der Waals surface area contributed by atoms with Gasteiger partial charge in [-0.3, -0.25) is 14.5 Å². The minimum Gasteiger partial charge on any atom is -0.339 e. The summed E-state index contributed by atoms with van der Waals surface area (Å²) in [6, 6.07) is 8.44. The minimum atomic E-state index is -0.223. The Bertz CT molecular complexity index is 678. The molecule has 1 atom stereocenters. The van der Waals surface area contributed by atoms with Crippen LogP contribution in [0.15, 0.2) is 24.3 Å². The summed E-state index contributed by atoms with van der Waals surface area (Å²) in [4.78, 5) is 29.8. The van der Waals surface area contributed by atoms with Gasteiger partial charge in [0.15, 0.2) is 0 Å². The third kappa shape index (κ3) is 4.34. The van der Waals surface area contributed by atoms with E-state index in [1.54, 1.807) is 0 Å². The zero-order valence-electron chi connectivity index (χ0n) is 16.2.